The maximum atomic E-state index is 13.7. The Bertz CT molecular complexity index is 1290. The highest BCUT2D eigenvalue weighted by molar-refractivity contribution is 6.08. The van der Waals surface area contributed by atoms with Crippen molar-refractivity contribution < 1.29 is 9.53 Å². The normalized spacial score (nSPS) is 15.6. The van der Waals surface area contributed by atoms with Crippen molar-refractivity contribution in [1.29, 1.82) is 0 Å². The second-order valence-electron chi connectivity index (χ2n) is 8.65. The van der Waals surface area contributed by atoms with E-state index in [1.54, 1.807) is 0 Å². The summed E-state index contributed by atoms with van der Waals surface area (Å²) in [6.45, 7) is 5.51. The maximum absolute atomic E-state index is 13.7. The van der Waals surface area contributed by atoms with Gasteiger partial charge in [0, 0.05) is 35.4 Å². The molecule has 3 aromatic carbocycles. The molecule has 0 radical (unpaired) electrons. The van der Waals surface area contributed by atoms with Crippen LogP contribution in [0.15, 0.2) is 72.9 Å². The first kappa shape index (κ1) is 21.1. The lowest BCUT2D eigenvalue weighted by molar-refractivity contribution is 0.0986. The molecule has 1 aromatic heterocycles. The molecule has 2 heterocycles. The number of hydrogen-bond donors (Lipinski definition) is 2. The number of H-pyrrole nitrogens is 1. The van der Waals surface area contributed by atoms with Gasteiger partial charge in [-0.05, 0) is 79.2 Å². The molecule has 33 heavy (non-hydrogen) atoms. The van der Waals surface area contributed by atoms with Crippen molar-refractivity contribution in [3.8, 4) is 16.9 Å². The highest BCUT2D eigenvalue weighted by Crippen LogP contribution is 2.35. The first-order valence-corrected chi connectivity index (χ1v) is 11.7. The molecule has 0 bridgehead atoms. The standard InChI is InChI=1S/C28H29N3O2/c1-3-16-33-27-18-22(8-10-23(27)20-9-11-24-21(17-20)12-14-29-24)28(32)31-15-13-19(2)30-25-6-4-5-7-26(25)31/h4-12,14,17-19,29-30H,3,13,15-16H2,1-2H3. The van der Waals surface area contributed by atoms with E-state index in [0.29, 0.717) is 24.8 Å². The summed E-state index contributed by atoms with van der Waals surface area (Å²) in [5, 5.41) is 4.67. The summed E-state index contributed by atoms with van der Waals surface area (Å²) >= 11 is 0. The second kappa shape index (κ2) is 9.02. The Morgan fingerprint density at radius 1 is 1.09 bits per heavy atom. The predicted octanol–water partition coefficient (Wildman–Crippen LogP) is 6.47. The van der Waals surface area contributed by atoms with E-state index >= 15 is 0 Å². The van der Waals surface area contributed by atoms with E-state index in [0.717, 1.165) is 52.0 Å². The molecule has 5 heteroatoms. The summed E-state index contributed by atoms with van der Waals surface area (Å²) in [6.07, 6.45) is 3.73. The lowest BCUT2D eigenvalue weighted by atomic mass is 10.0. The van der Waals surface area contributed by atoms with E-state index in [4.69, 9.17) is 4.74 Å². The number of fused-ring (bicyclic) bond motifs is 2. The number of ether oxygens (including phenoxy) is 1. The number of rotatable bonds is 5. The summed E-state index contributed by atoms with van der Waals surface area (Å²) < 4.78 is 6.13. The maximum Gasteiger partial charge on any atom is 0.258 e. The van der Waals surface area contributed by atoms with Crippen LogP contribution in [0.4, 0.5) is 11.4 Å². The number of aromatic amines is 1. The fraction of sp³-hybridized carbons (Fsp3) is 0.250. The van der Waals surface area contributed by atoms with Gasteiger partial charge in [0.25, 0.3) is 5.91 Å². The fourth-order valence-corrected chi connectivity index (χ4v) is 4.42. The summed E-state index contributed by atoms with van der Waals surface area (Å²) in [5.74, 6) is 0.736. The van der Waals surface area contributed by atoms with Gasteiger partial charge in [-0.25, -0.2) is 0 Å². The number of nitrogens with zero attached hydrogens (tertiary/aromatic N) is 1. The first-order chi connectivity index (χ1) is 16.1. The van der Waals surface area contributed by atoms with Crippen LogP contribution < -0.4 is 15.0 Å². The van der Waals surface area contributed by atoms with Crippen molar-refractivity contribution in [2.45, 2.75) is 32.7 Å². The predicted molar refractivity (Wildman–Crippen MR) is 135 cm³/mol. The number of anilines is 2. The van der Waals surface area contributed by atoms with E-state index in [-0.39, 0.29) is 5.91 Å². The van der Waals surface area contributed by atoms with Crippen LogP contribution >= 0.6 is 0 Å². The molecule has 0 fully saturated rings. The third-order valence-corrected chi connectivity index (χ3v) is 6.18. The SMILES string of the molecule is CCCOc1cc(C(=O)N2CCC(C)Nc3ccccc32)ccc1-c1ccc2[nH]ccc2c1. The molecular weight excluding hydrogens is 410 g/mol. The highest BCUT2D eigenvalue weighted by Gasteiger charge is 2.25. The first-order valence-electron chi connectivity index (χ1n) is 11.7. The van der Waals surface area contributed by atoms with Gasteiger partial charge < -0.3 is 19.9 Å². The number of aromatic nitrogens is 1. The van der Waals surface area contributed by atoms with Gasteiger partial charge in [0.2, 0.25) is 0 Å². The van der Waals surface area contributed by atoms with Crippen LogP contribution in [0.5, 0.6) is 5.75 Å². The lowest BCUT2D eigenvalue weighted by Crippen LogP contribution is -2.32. The Balaban J connectivity index is 1.53. The van der Waals surface area contributed by atoms with Crippen LogP contribution in [0.3, 0.4) is 0 Å². The van der Waals surface area contributed by atoms with Crippen molar-refractivity contribution in [1.82, 2.24) is 4.98 Å². The molecule has 5 rings (SSSR count). The van der Waals surface area contributed by atoms with Gasteiger partial charge >= 0.3 is 0 Å². The zero-order valence-corrected chi connectivity index (χ0v) is 19.1. The monoisotopic (exact) mass is 439 g/mol. The van der Waals surface area contributed by atoms with Crippen molar-refractivity contribution in [3.63, 3.8) is 0 Å². The number of benzene rings is 3. The van der Waals surface area contributed by atoms with Crippen LogP contribution in [0.2, 0.25) is 0 Å². The molecule has 2 N–H and O–H groups in total. The van der Waals surface area contributed by atoms with Gasteiger partial charge in [0.05, 0.1) is 18.0 Å². The van der Waals surface area contributed by atoms with Gasteiger partial charge in [0.15, 0.2) is 0 Å². The number of hydrogen-bond acceptors (Lipinski definition) is 3. The molecule has 0 aliphatic carbocycles. The smallest absolute Gasteiger partial charge is 0.258 e. The van der Waals surface area contributed by atoms with Gasteiger partial charge in [-0.3, -0.25) is 4.79 Å². The fourth-order valence-electron chi connectivity index (χ4n) is 4.42. The average molecular weight is 440 g/mol. The number of carbonyl (C=O) groups excluding carboxylic acids is 1. The molecule has 1 amide bonds. The Morgan fingerprint density at radius 2 is 1.97 bits per heavy atom. The summed E-state index contributed by atoms with van der Waals surface area (Å²) in [6, 6.07) is 22.5. The zero-order chi connectivity index (χ0) is 22.8. The topological polar surface area (TPSA) is 57.4 Å². The van der Waals surface area contributed by atoms with Crippen LogP contribution in [-0.4, -0.2) is 30.1 Å². The van der Waals surface area contributed by atoms with E-state index in [1.807, 2.05) is 53.6 Å². The molecule has 0 saturated carbocycles. The summed E-state index contributed by atoms with van der Waals surface area (Å²) in [7, 11) is 0. The second-order valence-corrected chi connectivity index (χ2v) is 8.65. The van der Waals surface area contributed by atoms with Gasteiger partial charge in [-0.1, -0.05) is 25.1 Å². The summed E-state index contributed by atoms with van der Waals surface area (Å²) in [4.78, 5) is 18.8. The number of carbonyl (C=O) groups is 1. The quantitative estimate of drug-likeness (QED) is 0.374. The van der Waals surface area contributed by atoms with Crippen LogP contribution in [0.25, 0.3) is 22.0 Å². The largest absolute Gasteiger partial charge is 0.493 e. The van der Waals surface area contributed by atoms with Gasteiger partial charge in [-0.2, -0.15) is 0 Å². The third-order valence-electron chi connectivity index (χ3n) is 6.18. The number of nitrogens with one attached hydrogen (secondary N) is 2. The molecule has 1 unspecified atom stereocenters. The van der Waals surface area contributed by atoms with Crippen molar-refractivity contribution in [2.75, 3.05) is 23.4 Å². The lowest BCUT2D eigenvalue weighted by Gasteiger charge is -2.23. The Labute approximate surface area is 194 Å². The molecule has 1 aliphatic rings. The molecule has 168 valence electrons. The van der Waals surface area contributed by atoms with Gasteiger partial charge in [-0.15, -0.1) is 0 Å². The molecule has 1 atom stereocenters. The molecule has 0 spiro atoms. The average Bonchev–Trinajstić information content (AvgIpc) is 3.24. The van der Waals surface area contributed by atoms with E-state index in [2.05, 4.69) is 48.4 Å². The molecule has 1 aliphatic heterocycles. The minimum atomic E-state index is -0.00710. The molecule has 0 saturated heterocycles. The van der Waals surface area contributed by atoms with Crippen LogP contribution in [0, 0.1) is 0 Å². The van der Waals surface area contributed by atoms with Gasteiger partial charge in [0.1, 0.15) is 5.75 Å². The molecule has 5 nitrogen and oxygen atoms in total. The minimum Gasteiger partial charge on any atom is -0.493 e. The zero-order valence-electron chi connectivity index (χ0n) is 19.1. The molecular formula is C28H29N3O2. The van der Waals surface area contributed by atoms with E-state index in [9.17, 15) is 4.79 Å². The Hall–Kier alpha value is -3.73. The highest BCUT2D eigenvalue weighted by atomic mass is 16.5. The van der Waals surface area contributed by atoms with Crippen LogP contribution in [-0.2, 0) is 0 Å². The third kappa shape index (κ3) is 4.19. The Kier molecular flexibility index (Phi) is 5.78. The summed E-state index contributed by atoms with van der Waals surface area (Å²) in [5.41, 5.74) is 5.72. The molecule has 4 aromatic rings. The van der Waals surface area contributed by atoms with Crippen molar-refractivity contribution in [3.05, 3.63) is 78.5 Å². The van der Waals surface area contributed by atoms with Crippen LogP contribution in [0.1, 0.15) is 37.0 Å². The minimum absolute atomic E-state index is 0.00710. The van der Waals surface area contributed by atoms with Crippen molar-refractivity contribution >= 4 is 28.2 Å². The Morgan fingerprint density at radius 3 is 2.85 bits per heavy atom. The van der Waals surface area contributed by atoms with Crippen molar-refractivity contribution in [2.24, 2.45) is 0 Å². The van der Waals surface area contributed by atoms with E-state index in [1.165, 1.54) is 0 Å². The number of para-hydroxylation sites is 2. The number of amides is 1. The van der Waals surface area contributed by atoms with E-state index < -0.39 is 0 Å².